The maximum Gasteiger partial charge on any atom is 0.322 e. The number of benzene rings is 2. The molecule has 0 saturated carbocycles. The lowest BCUT2D eigenvalue weighted by Gasteiger charge is -2.27. The maximum atomic E-state index is 13.3. The molecule has 1 saturated heterocycles. The Labute approximate surface area is 157 Å². The van der Waals surface area contributed by atoms with Gasteiger partial charge in [-0.15, -0.1) is 0 Å². The smallest absolute Gasteiger partial charge is 0.322 e. The summed E-state index contributed by atoms with van der Waals surface area (Å²) in [6.07, 6.45) is 1.62. The molecule has 1 aliphatic rings. The van der Waals surface area contributed by atoms with Gasteiger partial charge in [0.25, 0.3) is 0 Å². The molecule has 140 valence electrons. The second-order valence-corrected chi connectivity index (χ2v) is 6.19. The molecule has 2 amide bonds. The van der Waals surface area contributed by atoms with Crippen molar-refractivity contribution in [3.8, 4) is 17.6 Å². The van der Waals surface area contributed by atoms with Gasteiger partial charge in [0.15, 0.2) is 0 Å². The predicted octanol–water partition coefficient (Wildman–Crippen LogP) is 4.08. The van der Waals surface area contributed by atoms with E-state index in [1.165, 1.54) is 12.1 Å². The average molecular weight is 369 g/mol. The molecular formula is C20H20FN3O3. The van der Waals surface area contributed by atoms with Gasteiger partial charge in [-0.05, 0) is 49.2 Å². The molecule has 0 spiro atoms. The van der Waals surface area contributed by atoms with Crippen LogP contribution in [0, 0.1) is 17.1 Å². The van der Waals surface area contributed by atoms with E-state index in [9.17, 15) is 9.18 Å². The fourth-order valence-corrected chi connectivity index (χ4v) is 3.34. The van der Waals surface area contributed by atoms with E-state index in [1.807, 2.05) is 18.2 Å². The molecular weight excluding hydrogens is 349 g/mol. The van der Waals surface area contributed by atoms with Gasteiger partial charge in [-0.1, -0.05) is 0 Å². The van der Waals surface area contributed by atoms with Crippen molar-refractivity contribution in [1.82, 2.24) is 4.90 Å². The Hall–Kier alpha value is -3.27. The zero-order valence-electron chi connectivity index (χ0n) is 15.2. The van der Waals surface area contributed by atoms with Crippen LogP contribution in [0.1, 0.15) is 30.0 Å². The molecule has 27 heavy (non-hydrogen) atoms. The summed E-state index contributed by atoms with van der Waals surface area (Å²) < 4.78 is 24.1. The van der Waals surface area contributed by atoms with Crippen LogP contribution in [0.25, 0.3) is 0 Å². The summed E-state index contributed by atoms with van der Waals surface area (Å²) in [5, 5.41) is 11.9. The van der Waals surface area contributed by atoms with Crippen molar-refractivity contribution in [2.75, 3.05) is 26.1 Å². The number of carbonyl (C=O) groups excluding carboxylic acids is 1. The van der Waals surface area contributed by atoms with E-state index >= 15 is 0 Å². The predicted molar refractivity (Wildman–Crippen MR) is 98.4 cm³/mol. The first-order chi connectivity index (χ1) is 13.1. The molecule has 2 aromatic carbocycles. The lowest BCUT2D eigenvalue weighted by atomic mass is 10.0. The number of amides is 2. The number of hydrogen-bond donors (Lipinski definition) is 1. The first kappa shape index (κ1) is 18.5. The Morgan fingerprint density at radius 3 is 2.78 bits per heavy atom. The number of nitriles is 1. The molecule has 1 heterocycles. The van der Waals surface area contributed by atoms with Crippen LogP contribution < -0.4 is 14.8 Å². The lowest BCUT2D eigenvalue weighted by molar-refractivity contribution is 0.206. The van der Waals surface area contributed by atoms with Crippen molar-refractivity contribution in [1.29, 1.82) is 5.26 Å². The topological polar surface area (TPSA) is 74.6 Å². The monoisotopic (exact) mass is 369 g/mol. The minimum absolute atomic E-state index is 0.0815. The summed E-state index contributed by atoms with van der Waals surface area (Å²) in [5.74, 6) is 0.841. The number of ether oxygens (including phenoxy) is 2. The molecule has 0 radical (unpaired) electrons. The normalized spacial score (nSPS) is 15.9. The van der Waals surface area contributed by atoms with Gasteiger partial charge in [0.05, 0.1) is 31.5 Å². The summed E-state index contributed by atoms with van der Waals surface area (Å²) in [6, 6.07) is 10.6. The second-order valence-electron chi connectivity index (χ2n) is 6.19. The van der Waals surface area contributed by atoms with Crippen molar-refractivity contribution >= 4 is 11.7 Å². The number of likely N-dealkylation sites (tertiary alicyclic amines) is 1. The van der Waals surface area contributed by atoms with Crippen LogP contribution in [0.3, 0.4) is 0 Å². The number of hydrogen-bond acceptors (Lipinski definition) is 4. The van der Waals surface area contributed by atoms with Crippen LogP contribution in [0.2, 0.25) is 0 Å². The van der Waals surface area contributed by atoms with Gasteiger partial charge in [0, 0.05) is 12.1 Å². The third kappa shape index (κ3) is 3.80. The minimum atomic E-state index is -0.523. The Balaban J connectivity index is 1.87. The van der Waals surface area contributed by atoms with E-state index in [1.54, 1.807) is 25.2 Å². The van der Waals surface area contributed by atoms with E-state index in [0.717, 1.165) is 24.5 Å². The van der Waals surface area contributed by atoms with Crippen molar-refractivity contribution in [3.63, 3.8) is 0 Å². The van der Waals surface area contributed by atoms with Crippen LogP contribution in [-0.4, -0.2) is 31.7 Å². The molecule has 1 atom stereocenters. The standard InChI is InChI=1S/C20H20FN3O3/c1-26-15-6-8-19(27-2)16(11-15)18-4-3-9-24(18)20(25)23-17-7-5-14(21)10-13(17)12-22/h5-8,10-11,18H,3-4,9H2,1-2H3,(H,23,25). The molecule has 2 aromatic rings. The lowest BCUT2D eigenvalue weighted by Crippen LogP contribution is -2.34. The van der Waals surface area contributed by atoms with E-state index in [0.29, 0.717) is 18.0 Å². The summed E-state index contributed by atoms with van der Waals surface area (Å²) in [5.41, 5.74) is 1.23. The van der Waals surface area contributed by atoms with Gasteiger partial charge in [-0.2, -0.15) is 5.26 Å². The third-order valence-corrected chi connectivity index (χ3v) is 4.65. The summed E-state index contributed by atoms with van der Waals surface area (Å²) in [7, 11) is 3.17. The van der Waals surface area contributed by atoms with Gasteiger partial charge in [-0.25, -0.2) is 9.18 Å². The quantitative estimate of drug-likeness (QED) is 0.881. The zero-order valence-corrected chi connectivity index (χ0v) is 15.2. The number of urea groups is 1. The van der Waals surface area contributed by atoms with Crippen molar-refractivity contribution < 1.29 is 18.7 Å². The number of carbonyl (C=O) groups is 1. The van der Waals surface area contributed by atoms with Crippen LogP contribution >= 0.6 is 0 Å². The molecule has 0 bridgehead atoms. The Bertz CT molecular complexity index is 895. The Kier molecular flexibility index (Phi) is 5.46. The van der Waals surface area contributed by atoms with Crippen molar-refractivity contribution in [2.45, 2.75) is 18.9 Å². The summed E-state index contributed by atoms with van der Waals surface area (Å²) in [6.45, 7) is 0.569. The molecule has 1 aliphatic heterocycles. The van der Waals surface area contributed by atoms with E-state index in [2.05, 4.69) is 5.32 Å². The van der Waals surface area contributed by atoms with Gasteiger partial charge in [0.1, 0.15) is 23.4 Å². The fourth-order valence-electron chi connectivity index (χ4n) is 3.34. The van der Waals surface area contributed by atoms with E-state index in [-0.39, 0.29) is 23.3 Å². The first-order valence-electron chi connectivity index (χ1n) is 8.56. The fraction of sp³-hybridized carbons (Fsp3) is 0.300. The number of rotatable bonds is 4. The molecule has 3 rings (SSSR count). The highest BCUT2D eigenvalue weighted by Gasteiger charge is 2.32. The van der Waals surface area contributed by atoms with Crippen molar-refractivity contribution in [2.24, 2.45) is 0 Å². The number of methoxy groups -OCH3 is 2. The average Bonchev–Trinajstić information content (AvgIpc) is 3.18. The maximum absolute atomic E-state index is 13.3. The molecule has 1 unspecified atom stereocenters. The number of anilines is 1. The SMILES string of the molecule is COc1ccc(OC)c(C2CCCN2C(=O)Nc2ccc(F)cc2C#N)c1. The zero-order chi connectivity index (χ0) is 19.4. The molecule has 1 fully saturated rings. The molecule has 7 heteroatoms. The van der Waals surface area contributed by atoms with Crippen LogP contribution in [-0.2, 0) is 0 Å². The Morgan fingerprint density at radius 2 is 2.07 bits per heavy atom. The highest BCUT2D eigenvalue weighted by Crippen LogP contribution is 2.39. The largest absolute Gasteiger partial charge is 0.497 e. The van der Waals surface area contributed by atoms with Crippen molar-refractivity contribution in [3.05, 3.63) is 53.3 Å². The first-order valence-corrected chi connectivity index (χ1v) is 8.56. The molecule has 0 aliphatic carbocycles. The number of nitrogens with one attached hydrogen (secondary N) is 1. The number of halogens is 1. The van der Waals surface area contributed by atoms with Gasteiger partial charge in [-0.3, -0.25) is 0 Å². The third-order valence-electron chi connectivity index (χ3n) is 4.65. The highest BCUT2D eigenvalue weighted by atomic mass is 19.1. The second kappa shape index (κ2) is 7.96. The molecule has 6 nitrogen and oxygen atoms in total. The molecule has 1 N–H and O–H groups in total. The van der Waals surface area contributed by atoms with E-state index < -0.39 is 5.82 Å². The van der Waals surface area contributed by atoms with Gasteiger partial charge in [0.2, 0.25) is 0 Å². The van der Waals surface area contributed by atoms with Gasteiger partial charge < -0.3 is 19.7 Å². The van der Waals surface area contributed by atoms with Crippen LogP contribution in [0.4, 0.5) is 14.9 Å². The molecule has 0 aromatic heterocycles. The summed E-state index contributed by atoms with van der Waals surface area (Å²) >= 11 is 0. The Morgan fingerprint density at radius 1 is 1.26 bits per heavy atom. The van der Waals surface area contributed by atoms with E-state index in [4.69, 9.17) is 14.7 Å². The minimum Gasteiger partial charge on any atom is -0.497 e. The van der Waals surface area contributed by atoms with Crippen LogP contribution in [0.5, 0.6) is 11.5 Å². The number of nitrogens with zero attached hydrogens (tertiary/aromatic N) is 2. The summed E-state index contributed by atoms with van der Waals surface area (Å²) in [4.78, 5) is 14.5. The van der Waals surface area contributed by atoms with Gasteiger partial charge >= 0.3 is 6.03 Å². The van der Waals surface area contributed by atoms with Crippen LogP contribution in [0.15, 0.2) is 36.4 Å². The highest BCUT2D eigenvalue weighted by molar-refractivity contribution is 5.91.